The van der Waals surface area contributed by atoms with Gasteiger partial charge in [0.15, 0.2) is 0 Å². The van der Waals surface area contributed by atoms with Crippen molar-refractivity contribution in [3.05, 3.63) is 58.7 Å². The number of hydrogen-bond acceptors (Lipinski definition) is 2. The Labute approximate surface area is 123 Å². The van der Waals surface area contributed by atoms with Crippen LogP contribution in [0.25, 0.3) is 0 Å². The van der Waals surface area contributed by atoms with Gasteiger partial charge in [0.05, 0.1) is 0 Å². The highest BCUT2D eigenvalue weighted by Crippen LogP contribution is 2.28. The molecule has 20 heavy (non-hydrogen) atoms. The maximum atomic E-state index is 12.2. The molecule has 1 amide bonds. The number of aryl methyl sites for hydroxylation is 1. The lowest BCUT2D eigenvalue weighted by Crippen LogP contribution is -2.13. The number of benzene rings is 2. The first-order valence-corrected chi connectivity index (χ1v) is 6.82. The van der Waals surface area contributed by atoms with Crippen molar-refractivity contribution >= 4 is 23.2 Å². The zero-order valence-corrected chi connectivity index (χ0v) is 12.2. The highest BCUT2D eigenvalue weighted by molar-refractivity contribution is 6.17. The minimum atomic E-state index is -0.219. The number of aromatic hydroxyl groups is 1. The van der Waals surface area contributed by atoms with Gasteiger partial charge >= 0.3 is 0 Å². The molecule has 3 nitrogen and oxygen atoms in total. The molecule has 0 saturated carbocycles. The third kappa shape index (κ3) is 2.94. The predicted molar refractivity (Wildman–Crippen MR) is 81.5 cm³/mol. The highest BCUT2D eigenvalue weighted by Gasteiger charge is 2.11. The molecular formula is C16H16ClNO2. The Bertz CT molecular complexity index is 653. The van der Waals surface area contributed by atoms with Gasteiger partial charge in [0.25, 0.3) is 5.91 Å². The fourth-order valence-corrected chi connectivity index (χ4v) is 2.13. The van der Waals surface area contributed by atoms with E-state index in [0.717, 1.165) is 11.1 Å². The number of anilines is 1. The molecule has 2 N–H and O–H groups in total. The molecule has 0 aromatic heterocycles. The number of carbonyl (C=O) groups is 1. The largest absolute Gasteiger partial charge is 0.507 e. The summed E-state index contributed by atoms with van der Waals surface area (Å²) in [5.41, 5.74) is 3.48. The second kappa shape index (κ2) is 5.97. The van der Waals surface area contributed by atoms with Crippen molar-refractivity contribution in [2.24, 2.45) is 0 Å². The second-order valence-corrected chi connectivity index (χ2v) is 4.96. The van der Waals surface area contributed by atoms with Gasteiger partial charge in [0.1, 0.15) is 5.75 Å². The van der Waals surface area contributed by atoms with Crippen molar-refractivity contribution in [1.82, 2.24) is 0 Å². The van der Waals surface area contributed by atoms with Gasteiger partial charge in [-0.2, -0.15) is 0 Å². The van der Waals surface area contributed by atoms with Crippen molar-refractivity contribution in [2.75, 3.05) is 5.32 Å². The minimum Gasteiger partial charge on any atom is -0.507 e. The Hall–Kier alpha value is -2.00. The van der Waals surface area contributed by atoms with E-state index in [1.54, 1.807) is 37.3 Å². The first-order valence-electron chi connectivity index (χ1n) is 6.28. The maximum absolute atomic E-state index is 12.2. The molecule has 0 aliphatic heterocycles. The first-order chi connectivity index (χ1) is 9.52. The summed E-state index contributed by atoms with van der Waals surface area (Å²) in [5, 5.41) is 12.7. The van der Waals surface area contributed by atoms with Gasteiger partial charge in [0, 0.05) is 22.7 Å². The normalized spacial score (nSPS) is 10.3. The van der Waals surface area contributed by atoms with E-state index in [-0.39, 0.29) is 11.7 Å². The van der Waals surface area contributed by atoms with E-state index in [4.69, 9.17) is 11.6 Å². The second-order valence-electron chi connectivity index (χ2n) is 4.69. The Balaban J connectivity index is 2.25. The molecule has 0 saturated heterocycles. The monoisotopic (exact) mass is 289 g/mol. The Morgan fingerprint density at radius 2 is 2.00 bits per heavy atom. The summed E-state index contributed by atoms with van der Waals surface area (Å²) in [7, 11) is 0. The predicted octanol–water partition coefficient (Wildman–Crippen LogP) is 4.00. The van der Waals surface area contributed by atoms with E-state index in [2.05, 4.69) is 5.32 Å². The Morgan fingerprint density at radius 1 is 1.25 bits per heavy atom. The summed E-state index contributed by atoms with van der Waals surface area (Å²) in [6, 6.07) is 10.7. The van der Waals surface area contributed by atoms with Crippen molar-refractivity contribution in [1.29, 1.82) is 0 Å². The molecule has 2 rings (SSSR count). The van der Waals surface area contributed by atoms with Crippen LogP contribution in [-0.4, -0.2) is 11.0 Å². The van der Waals surface area contributed by atoms with Gasteiger partial charge < -0.3 is 10.4 Å². The SMILES string of the molecule is Cc1ccc(NC(=O)c2cccc(CCl)c2)c(C)c1O. The van der Waals surface area contributed by atoms with Gasteiger partial charge in [-0.1, -0.05) is 18.2 Å². The van der Waals surface area contributed by atoms with Gasteiger partial charge in [-0.15, -0.1) is 11.6 Å². The smallest absolute Gasteiger partial charge is 0.255 e. The number of carbonyl (C=O) groups excluding carboxylic acids is 1. The van der Waals surface area contributed by atoms with Crippen LogP contribution in [0.15, 0.2) is 36.4 Å². The number of rotatable bonds is 3. The third-order valence-electron chi connectivity index (χ3n) is 3.22. The van der Waals surface area contributed by atoms with Crippen LogP contribution >= 0.6 is 11.6 Å². The minimum absolute atomic E-state index is 0.206. The van der Waals surface area contributed by atoms with Gasteiger partial charge in [-0.25, -0.2) is 0 Å². The first kappa shape index (κ1) is 14.4. The van der Waals surface area contributed by atoms with Crippen LogP contribution in [0.4, 0.5) is 5.69 Å². The van der Waals surface area contributed by atoms with Crippen LogP contribution in [-0.2, 0) is 5.88 Å². The number of halogens is 1. The van der Waals surface area contributed by atoms with E-state index in [0.29, 0.717) is 22.7 Å². The van der Waals surface area contributed by atoms with Crippen molar-refractivity contribution in [3.8, 4) is 5.75 Å². The number of amides is 1. The average molecular weight is 290 g/mol. The molecule has 4 heteroatoms. The van der Waals surface area contributed by atoms with Crippen LogP contribution < -0.4 is 5.32 Å². The number of alkyl halides is 1. The zero-order chi connectivity index (χ0) is 14.7. The quantitative estimate of drug-likeness (QED) is 0.839. The van der Waals surface area contributed by atoms with E-state index in [1.807, 2.05) is 13.0 Å². The van der Waals surface area contributed by atoms with Crippen LogP contribution in [0, 0.1) is 13.8 Å². The van der Waals surface area contributed by atoms with Crippen LogP contribution in [0.3, 0.4) is 0 Å². The van der Waals surface area contributed by atoms with Gasteiger partial charge in [-0.05, 0) is 43.2 Å². The lowest BCUT2D eigenvalue weighted by molar-refractivity contribution is 0.102. The van der Waals surface area contributed by atoms with E-state index in [9.17, 15) is 9.90 Å². The van der Waals surface area contributed by atoms with Gasteiger partial charge in [-0.3, -0.25) is 4.79 Å². The van der Waals surface area contributed by atoms with Crippen molar-refractivity contribution in [3.63, 3.8) is 0 Å². The highest BCUT2D eigenvalue weighted by atomic mass is 35.5. The number of nitrogens with one attached hydrogen (secondary N) is 1. The summed E-state index contributed by atoms with van der Waals surface area (Å²) in [6.07, 6.45) is 0. The van der Waals surface area contributed by atoms with Crippen molar-refractivity contribution < 1.29 is 9.90 Å². The van der Waals surface area contributed by atoms with Crippen LogP contribution in [0.5, 0.6) is 5.75 Å². The summed E-state index contributed by atoms with van der Waals surface area (Å²) < 4.78 is 0. The third-order valence-corrected chi connectivity index (χ3v) is 3.53. The Kier molecular flexibility index (Phi) is 4.30. The average Bonchev–Trinajstić information content (AvgIpc) is 2.48. The standard InChI is InChI=1S/C16H16ClNO2/c1-10-6-7-14(11(2)15(10)19)18-16(20)13-5-3-4-12(8-13)9-17/h3-8,19H,9H2,1-2H3,(H,18,20). The number of phenolic OH excluding ortho intramolecular Hbond substituents is 1. The molecular weight excluding hydrogens is 274 g/mol. The molecule has 0 spiro atoms. The summed E-state index contributed by atoms with van der Waals surface area (Å²) in [6.45, 7) is 3.59. The zero-order valence-electron chi connectivity index (χ0n) is 11.4. The van der Waals surface area contributed by atoms with E-state index in [1.165, 1.54) is 0 Å². The molecule has 0 aliphatic carbocycles. The molecule has 0 unspecified atom stereocenters. The molecule has 0 heterocycles. The molecule has 2 aromatic rings. The Morgan fingerprint density at radius 3 is 2.70 bits per heavy atom. The molecule has 2 aromatic carbocycles. The van der Waals surface area contributed by atoms with Gasteiger partial charge in [0.2, 0.25) is 0 Å². The summed E-state index contributed by atoms with van der Waals surface area (Å²) in [4.78, 5) is 12.2. The van der Waals surface area contributed by atoms with E-state index < -0.39 is 0 Å². The summed E-state index contributed by atoms with van der Waals surface area (Å²) in [5.74, 6) is 0.353. The molecule has 0 fully saturated rings. The summed E-state index contributed by atoms with van der Waals surface area (Å²) >= 11 is 5.76. The molecule has 0 atom stereocenters. The number of phenols is 1. The fourth-order valence-electron chi connectivity index (χ4n) is 1.96. The van der Waals surface area contributed by atoms with Crippen molar-refractivity contribution in [2.45, 2.75) is 19.7 Å². The van der Waals surface area contributed by atoms with E-state index >= 15 is 0 Å². The fraction of sp³-hybridized carbons (Fsp3) is 0.188. The molecule has 0 radical (unpaired) electrons. The topological polar surface area (TPSA) is 49.3 Å². The lowest BCUT2D eigenvalue weighted by atomic mass is 10.1. The molecule has 0 bridgehead atoms. The lowest BCUT2D eigenvalue weighted by Gasteiger charge is -2.11. The number of hydrogen-bond donors (Lipinski definition) is 2. The molecule has 104 valence electrons. The van der Waals surface area contributed by atoms with Crippen LogP contribution in [0.1, 0.15) is 27.0 Å². The maximum Gasteiger partial charge on any atom is 0.255 e. The van der Waals surface area contributed by atoms with Crippen LogP contribution in [0.2, 0.25) is 0 Å². The molecule has 0 aliphatic rings.